The van der Waals surface area contributed by atoms with E-state index in [0.29, 0.717) is 19.0 Å². The average molecular weight is 312 g/mol. The van der Waals surface area contributed by atoms with Gasteiger partial charge in [0.1, 0.15) is 24.7 Å². The molecule has 0 aliphatic rings. The smallest absolute Gasteiger partial charge is 0.162 e. The molecule has 1 aromatic carbocycles. The summed E-state index contributed by atoms with van der Waals surface area (Å²) < 4.78 is 16.8. The van der Waals surface area contributed by atoms with E-state index in [1.807, 2.05) is 31.2 Å². The molecule has 0 bridgehead atoms. The van der Waals surface area contributed by atoms with Gasteiger partial charge >= 0.3 is 0 Å². The van der Waals surface area contributed by atoms with Crippen molar-refractivity contribution >= 4 is 15.9 Å². The summed E-state index contributed by atoms with van der Waals surface area (Å²) in [6.07, 6.45) is 0. The molecule has 18 heavy (non-hydrogen) atoms. The van der Waals surface area contributed by atoms with E-state index in [-0.39, 0.29) is 0 Å². The molecule has 0 atom stereocenters. The summed E-state index contributed by atoms with van der Waals surface area (Å²) in [7, 11) is 1.61. The molecule has 5 heteroatoms. The van der Waals surface area contributed by atoms with Crippen molar-refractivity contribution in [3.63, 3.8) is 0 Å². The van der Waals surface area contributed by atoms with E-state index < -0.39 is 0 Å². The zero-order chi connectivity index (χ0) is 13.0. The molecule has 0 spiro atoms. The Morgan fingerprint density at radius 2 is 2.11 bits per heavy atom. The summed E-state index contributed by atoms with van der Waals surface area (Å²) >= 11 is 3.42. The molecule has 0 aliphatic carbocycles. The highest BCUT2D eigenvalue weighted by Gasteiger charge is 2.06. The predicted molar refractivity (Wildman–Crippen MR) is 70.4 cm³/mol. The number of benzene rings is 1. The Morgan fingerprint density at radius 1 is 1.28 bits per heavy atom. The molecule has 0 aliphatic heterocycles. The fourth-order valence-corrected chi connectivity index (χ4v) is 2.04. The van der Waals surface area contributed by atoms with Crippen molar-refractivity contribution in [1.29, 1.82) is 0 Å². The molecule has 1 aromatic heterocycles. The number of hydrogen-bond acceptors (Lipinski definition) is 4. The van der Waals surface area contributed by atoms with Gasteiger partial charge in [-0.2, -0.15) is 0 Å². The van der Waals surface area contributed by atoms with Gasteiger partial charge in [0.2, 0.25) is 0 Å². The quantitative estimate of drug-likeness (QED) is 0.848. The first kappa shape index (κ1) is 13.1. The van der Waals surface area contributed by atoms with Crippen LogP contribution in [0.2, 0.25) is 0 Å². The van der Waals surface area contributed by atoms with Gasteiger partial charge in [-0.3, -0.25) is 0 Å². The van der Waals surface area contributed by atoms with Crippen molar-refractivity contribution in [3.05, 3.63) is 45.8 Å². The van der Waals surface area contributed by atoms with E-state index in [1.165, 1.54) is 0 Å². The molecule has 4 nitrogen and oxygen atoms in total. The summed E-state index contributed by atoms with van der Waals surface area (Å²) in [5, 5.41) is 3.91. The average Bonchev–Trinajstić information content (AvgIpc) is 2.76. The van der Waals surface area contributed by atoms with Crippen LogP contribution in [0.3, 0.4) is 0 Å². The first-order chi connectivity index (χ1) is 8.69. The van der Waals surface area contributed by atoms with Crippen molar-refractivity contribution in [3.8, 4) is 5.75 Å². The number of aromatic nitrogens is 1. The maximum absolute atomic E-state index is 5.69. The van der Waals surface area contributed by atoms with Crippen LogP contribution in [0.25, 0.3) is 0 Å². The number of aryl methyl sites for hydroxylation is 1. The van der Waals surface area contributed by atoms with Gasteiger partial charge in [0, 0.05) is 17.6 Å². The molecule has 96 valence electrons. The van der Waals surface area contributed by atoms with Crippen LogP contribution in [0.5, 0.6) is 5.75 Å². The van der Waals surface area contributed by atoms with Crippen molar-refractivity contribution < 1.29 is 14.0 Å². The molecule has 0 saturated heterocycles. The van der Waals surface area contributed by atoms with Gasteiger partial charge in [0.05, 0.1) is 0 Å². The lowest BCUT2D eigenvalue weighted by Crippen LogP contribution is -1.97. The first-order valence-corrected chi connectivity index (χ1v) is 6.30. The second kappa shape index (κ2) is 6.02. The van der Waals surface area contributed by atoms with Crippen LogP contribution in [0.1, 0.15) is 17.0 Å². The number of rotatable bonds is 5. The minimum Gasteiger partial charge on any atom is -0.487 e. The third kappa shape index (κ3) is 3.34. The molecule has 2 aromatic rings. The molecule has 0 unspecified atom stereocenters. The fourth-order valence-electron chi connectivity index (χ4n) is 1.56. The third-order valence-corrected chi connectivity index (χ3v) is 2.90. The van der Waals surface area contributed by atoms with Crippen LogP contribution < -0.4 is 4.74 Å². The summed E-state index contributed by atoms with van der Waals surface area (Å²) in [5.41, 5.74) is 1.83. The molecule has 0 N–H and O–H groups in total. The summed E-state index contributed by atoms with van der Waals surface area (Å²) in [5.74, 6) is 1.54. The maximum atomic E-state index is 5.69. The topological polar surface area (TPSA) is 44.5 Å². The molecular weight excluding hydrogens is 298 g/mol. The number of hydrogen-bond donors (Lipinski definition) is 0. The Kier molecular flexibility index (Phi) is 4.38. The van der Waals surface area contributed by atoms with Gasteiger partial charge in [0.15, 0.2) is 5.76 Å². The predicted octanol–water partition coefficient (Wildman–Crippen LogP) is 3.47. The maximum Gasteiger partial charge on any atom is 0.162 e. The Bertz CT molecular complexity index is 525. The van der Waals surface area contributed by atoms with Gasteiger partial charge in [-0.05, 0) is 30.7 Å². The van der Waals surface area contributed by atoms with Crippen molar-refractivity contribution in [1.82, 2.24) is 5.16 Å². The van der Waals surface area contributed by atoms with E-state index in [2.05, 4.69) is 21.1 Å². The Hall–Kier alpha value is -1.33. The third-order valence-electron chi connectivity index (χ3n) is 2.41. The molecule has 0 fully saturated rings. The van der Waals surface area contributed by atoms with Crippen LogP contribution in [0.4, 0.5) is 0 Å². The summed E-state index contributed by atoms with van der Waals surface area (Å²) in [6, 6.07) is 7.71. The second-order valence-electron chi connectivity index (χ2n) is 3.92. The van der Waals surface area contributed by atoms with E-state index in [1.54, 1.807) is 7.11 Å². The Morgan fingerprint density at radius 3 is 2.83 bits per heavy atom. The first-order valence-electron chi connectivity index (χ1n) is 5.51. The highest BCUT2D eigenvalue weighted by molar-refractivity contribution is 9.10. The number of nitrogens with zero attached hydrogens (tertiary/aromatic N) is 1. The number of ether oxygens (including phenoxy) is 2. The van der Waals surface area contributed by atoms with Crippen LogP contribution in [0.15, 0.2) is 33.3 Å². The second-order valence-corrected chi connectivity index (χ2v) is 4.83. The van der Waals surface area contributed by atoms with Gasteiger partial charge in [0.25, 0.3) is 0 Å². The van der Waals surface area contributed by atoms with Gasteiger partial charge < -0.3 is 14.0 Å². The fraction of sp³-hybridized carbons (Fsp3) is 0.308. The van der Waals surface area contributed by atoms with Crippen LogP contribution >= 0.6 is 15.9 Å². The van der Waals surface area contributed by atoms with Gasteiger partial charge in [-0.15, -0.1) is 0 Å². The lowest BCUT2D eigenvalue weighted by Gasteiger charge is -2.07. The number of halogens is 1. The summed E-state index contributed by atoms with van der Waals surface area (Å²) in [6.45, 7) is 2.80. The highest BCUT2D eigenvalue weighted by atomic mass is 79.9. The zero-order valence-electron chi connectivity index (χ0n) is 10.3. The van der Waals surface area contributed by atoms with Crippen LogP contribution in [-0.2, 0) is 18.0 Å². The van der Waals surface area contributed by atoms with Gasteiger partial charge in [-0.25, -0.2) is 0 Å². The van der Waals surface area contributed by atoms with Crippen molar-refractivity contribution in [2.45, 2.75) is 20.1 Å². The SMILES string of the molecule is COCc1cc(COc2ccc(Br)cc2C)no1. The van der Waals surface area contributed by atoms with E-state index in [9.17, 15) is 0 Å². The van der Waals surface area contributed by atoms with Crippen LogP contribution in [0, 0.1) is 6.92 Å². The molecule has 0 amide bonds. The van der Waals surface area contributed by atoms with E-state index in [0.717, 1.165) is 21.5 Å². The largest absolute Gasteiger partial charge is 0.487 e. The number of methoxy groups -OCH3 is 1. The van der Waals surface area contributed by atoms with Gasteiger partial charge in [-0.1, -0.05) is 21.1 Å². The monoisotopic (exact) mass is 311 g/mol. The van der Waals surface area contributed by atoms with Crippen molar-refractivity contribution in [2.75, 3.05) is 7.11 Å². The molecule has 2 rings (SSSR count). The summed E-state index contributed by atoms with van der Waals surface area (Å²) in [4.78, 5) is 0. The Labute approximate surface area is 114 Å². The minimum atomic E-state index is 0.385. The Balaban J connectivity index is 1.97. The van der Waals surface area contributed by atoms with E-state index >= 15 is 0 Å². The molecule has 1 heterocycles. The zero-order valence-corrected chi connectivity index (χ0v) is 11.9. The lowest BCUT2D eigenvalue weighted by atomic mass is 10.2. The van der Waals surface area contributed by atoms with E-state index in [4.69, 9.17) is 14.0 Å². The molecular formula is C13H14BrNO3. The van der Waals surface area contributed by atoms with Crippen molar-refractivity contribution in [2.24, 2.45) is 0 Å². The standard InChI is InChI=1S/C13H14BrNO3/c1-9-5-10(14)3-4-13(9)17-7-11-6-12(8-16-2)18-15-11/h3-6H,7-8H2,1-2H3. The molecule has 0 radical (unpaired) electrons. The minimum absolute atomic E-state index is 0.385. The lowest BCUT2D eigenvalue weighted by molar-refractivity contribution is 0.155. The molecule has 0 saturated carbocycles. The normalized spacial score (nSPS) is 10.6. The van der Waals surface area contributed by atoms with Crippen LogP contribution in [-0.4, -0.2) is 12.3 Å². The highest BCUT2D eigenvalue weighted by Crippen LogP contribution is 2.23.